The summed E-state index contributed by atoms with van der Waals surface area (Å²) in [5.74, 6) is -1.36. The van der Waals surface area contributed by atoms with Crippen LogP contribution in [0.4, 0.5) is 0 Å². The predicted molar refractivity (Wildman–Crippen MR) is 65.3 cm³/mol. The molecule has 1 saturated carbocycles. The Morgan fingerprint density at radius 3 is 2.89 bits per heavy atom. The lowest BCUT2D eigenvalue weighted by Crippen LogP contribution is -2.37. The van der Waals surface area contributed by atoms with Crippen LogP contribution in [0, 0.1) is 11.8 Å². The number of hydrogen-bond acceptors (Lipinski definition) is 5. The molecule has 0 aromatic carbocycles. The van der Waals surface area contributed by atoms with Crippen LogP contribution < -0.4 is 5.32 Å². The van der Waals surface area contributed by atoms with Crippen LogP contribution in [0.3, 0.4) is 0 Å². The van der Waals surface area contributed by atoms with E-state index in [4.69, 9.17) is 5.11 Å². The molecule has 6 nitrogen and oxygen atoms in total. The Hall–Kier alpha value is -1.50. The normalized spacial score (nSPS) is 23.6. The van der Waals surface area contributed by atoms with Gasteiger partial charge < -0.3 is 10.4 Å². The van der Waals surface area contributed by atoms with Gasteiger partial charge in [-0.3, -0.25) is 9.59 Å². The van der Waals surface area contributed by atoms with Gasteiger partial charge in [0, 0.05) is 11.9 Å². The highest BCUT2D eigenvalue weighted by atomic mass is 32.1. The van der Waals surface area contributed by atoms with Crippen molar-refractivity contribution in [2.24, 2.45) is 11.8 Å². The molecule has 18 heavy (non-hydrogen) atoms. The van der Waals surface area contributed by atoms with Crippen LogP contribution >= 0.6 is 11.5 Å². The lowest BCUT2D eigenvalue weighted by Gasteiger charge is -2.28. The SMILES string of the molecule is O=C(NCC1CCCCC1C(=O)O)c1csnn1. The summed E-state index contributed by atoms with van der Waals surface area (Å²) in [4.78, 5) is 22.8. The highest BCUT2D eigenvalue weighted by Gasteiger charge is 2.30. The molecule has 1 fully saturated rings. The van der Waals surface area contributed by atoms with Crippen LogP contribution in [0.15, 0.2) is 5.38 Å². The molecule has 0 radical (unpaired) electrons. The van der Waals surface area contributed by atoms with Crippen molar-refractivity contribution in [2.45, 2.75) is 25.7 Å². The Morgan fingerprint density at radius 2 is 2.22 bits per heavy atom. The minimum Gasteiger partial charge on any atom is -0.481 e. The molecule has 2 rings (SSSR count). The summed E-state index contributed by atoms with van der Waals surface area (Å²) >= 11 is 1.12. The topological polar surface area (TPSA) is 92.2 Å². The smallest absolute Gasteiger partial charge is 0.306 e. The minimum absolute atomic E-state index is 0.0202. The molecule has 1 aliphatic carbocycles. The van der Waals surface area contributed by atoms with Crippen LogP contribution in [0.25, 0.3) is 0 Å². The summed E-state index contributed by atoms with van der Waals surface area (Å²) < 4.78 is 3.62. The molecule has 7 heteroatoms. The first-order chi connectivity index (χ1) is 8.68. The first-order valence-corrected chi connectivity index (χ1v) is 6.80. The number of aromatic nitrogens is 2. The number of carbonyl (C=O) groups excluding carboxylic acids is 1. The monoisotopic (exact) mass is 269 g/mol. The number of nitrogens with zero attached hydrogens (tertiary/aromatic N) is 2. The van der Waals surface area contributed by atoms with Gasteiger partial charge >= 0.3 is 5.97 Å². The van der Waals surface area contributed by atoms with Gasteiger partial charge in [-0.1, -0.05) is 17.3 Å². The van der Waals surface area contributed by atoms with Crippen molar-refractivity contribution in [3.8, 4) is 0 Å². The first-order valence-electron chi connectivity index (χ1n) is 5.96. The molecule has 1 aromatic rings. The Balaban J connectivity index is 1.88. The second-order valence-electron chi connectivity index (χ2n) is 4.49. The first kappa shape index (κ1) is 12.9. The van der Waals surface area contributed by atoms with Crippen molar-refractivity contribution >= 4 is 23.4 Å². The quantitative estimate of drug-likeness (QED) is 0.855. The third-order valence-electron chi connectivity index (χ3n) is 3.34. The number of aliphatic carboxylic acids is 1. The lowest BCUT2D eigenvalue weighted by molar-refractivity contribution is -0.144. The highest BCUT2D eigenvalue weighted by molar-refractivity contribution is 7.03. The van der Waals surface area contributed by atoms with Gasteiger partial charge in [0.05, 0.1) is 5.92 Å². The zero-order valence-electron chi connectivity index (χ0n) is 9.83. The number of nitrogens with one attached hydrogen (secondary N) is 1. The van der Waals surface area contributed by atoms with Gasteiger partial charge in [-0.25, -0.2) is 0 Å². The van der Waals surface area contributed by atoms with Crippen molar-refractivity contribution in [1.82, 2.24) is 14.9 Å². The Kier molecular flexibility index (Phi) is 4.24. The van der Waals surface area contributed by atoms with E-state index in [0.717, 1.165) is 30.8 Å². The van der Waals surface area contributed by atoms with Gasteiger partial charge in [-0.05, 0) is 30.3 Å². The van der Waals surface area contributed by atoms with E-state index in [1.54, 1.807) is 5.38 Å². The van der Waals surface area contributed by atoms with Crippen LogP contribution in [-0.2, 0) is 4.79 Å². The standard InChI is InChI=1S/C11H15N3O3S/c15-10(9-6-18-14-13-9)12-5-7-3-1-2-4-8(7)11(16)17/h6-8H,1-5H2,(H,12,15)(H,16,17). The van der Waals surface area contributed by atoms with E-state index in [-0.39, 0.29) is 17.7 Å². The molecule has 2 atom stereocenters. The molecule has 1 amide bonds. The fourth-order valence-electron chi connectivity index (χ4n) is 2.35. The summed E-state index contributed by atoms with van der Waals surface area (Å²) in [6, 6.07) is 0. The molecule has 1 aromatic heterocycles. The van der Waals surface area contributed by atoms with E-state index < -0.39 is 5.97 Å². The van der Waals surface area contributed by atoms with Gasteiger partial charge in [0.2, 0.25) is 0 Å². The number of carbonyl (C=O) groups is 2. The second-order valence-corrected chi connectivity index (χ2v) is 5.10. The summed E-state index contributed by atoms with van der Waals surface area (Å²) in [6.07, 6.45) is 3.54. The van der Waals surface area contributed by atoms with Crippen molar-refractivity contribution < 1.29 is 14.7 Å². The maximum absolute atomic E-state index is 11.7. The molecule has 0 bridgehead atoms. The van der Waals surface area contributed by atoms with Gasteiger partial charge in [-0.2, -0.15) is 0 Å². The van der Waals surface area contributed by atoms with Crippen molar-refractivity contribution in [1.29, 1.82) is 0 Å². The number of amides is 1. The fourth-order valence-corrected chi connectivity index (χ4v) is 2.79. The van der Waals surface area contributed by atoms with E-state index in [9.17, 15) is 9.59 Å². The Labute approximate surface area is 109 Å². The predicted octanol–water partition coefficient (Wildman–Crippen LogP) is 1.16. The van der Waals surface area contributed by atoms with Crippen LogP contribution in [0.5, 0.6) is 0 Å². The van der Waals surface area contributed by atoms with E-state index in [2.05, 4.69) is 14.9 Å². The number of carboxylic acids is 1. The summed E-state index contributed by atoms with van der Waals surface area (Å²) in [5, 5.41) is 17.1. The molecular weight excluding hydrogens is 254 g/mol. The van der Waals surface area contributed by atoms with Crippen LogP contribution in [0.1, 0.15) is 36.2 Å². The molecule has 0 spiro atoms. The molecule has 1 heterocycles. The molecule has 2 N–H and O–H groups in total. The van der Waals surface area contributed by atoms with Crippen molar-refractivity contribution in [3.63, 3.8) is 0 Å². The average Bonchev–Trinajstić information content (AvgIpc) is 2.90. The molecule has 2 unspecified atom stereocenters. The molecular formula is C11H15N3O3S. The van der Waals surface area contributed by atoms with Gasteiger partial charge in [0.15, 0.2) is 5.69 Å². The Bertz CT molecular complexity index is 421. The number of hydrogen-bond donors (Lipinski definition) is 2. The highest BCUT2D eigenvalue weighted by Crippen LogP contribution is 2.29. The third-order valence-corrected chi connectivity index (χ3v) is 3.85. The molecule has 98 valence electrons. The second kappa shape index (κ2) is 5.90. The Morgan fingerprint density at radius 1 is 1.44 bits per heavy atom. The van der Waals surface area contributed by atoms with Crippen molar-refractivity contribution in [3.05, 3.63) is 11.1 Å². The maximum Gasteiger partial charge on any atom is 0.306 e. The fraction of sp³-hybridized carbons (Fsp3) is 0.636. The van der Waals surface area contributed by atoms with E-state index in [1.165, 1.54) is 0 Å². The van der Waals surface area contributed by atoms with Crippen LogP contribution in [-0.4, -0.2) is 33.1 Å². The summed E-state index contributed by atoms with van der Waals surface area (Å²) in [6.45, 7) is 0.396. The van der Waals surface area contributed by atoms with Gasteiger partial charge in [0.25, 0.3) is 5.91 Å². The molecule has 0 saturated heterocycles. The zero-order chi connectivity index (χ0) is 13.0. The third kappa shape index (κ3) is 3.04. The van der Waals surface area contributed by atoms with E-state index in [1.807, 2.05) is 0 Å². The summed E-state index contributed by atoms with van der Waals surface area (Å²) in [5.41, 5.74) is 0.294. The molecule has 1 aliphatic rings. The van der Waals surface area contributed by atoms with Crippen molar-refractivity contribution in [2.75, 3.05) is 6.54 Å². The maximum atomic E-state index is 11.7. The minimum atomic E-state index is -0.760. The van der Waals surface area contributed by atoms with Crippen LogP contribution in [0.2, 0.25) is 0 Å². The van der Waals surface area contributed by atoms with E-state index in [0.29, 0.717) is 18.7 Å². The largest absolute Gasteiger partial charge is 0.481 e. The average molecular weight is 269 g/mol. The number of carboxylic acid groups (broad SMARTS) is 1. The summed E-state index contributed by atoms with van der Waals surface area (Å²) in [7, 11) is 0. The zero-order valence-corrected chi connectivity index (χ0v) is 10.7. The van der Waals surface area contributed by atoms with Gasteiger partial charge in [-0.15, -0.1) is 5.10 Å². The number of rotatable bonds is 4. The van der Waals surface area contributed by atoms with Gasteiger partial charge in [0.1, 0.15) is 0 Å². The van der Waals surface area contributed by atoms with E-state index >= 15 is 0 Å². The molecule has 0 aliphatic heterocycles. The lowest BCUT2D eigenvalue weighted by atomic mass is 9.79.